The zero-order valence-corrected chi connectivity index (χ0v) is 14.3. The SMILES string of the molecule is O=C(/C=C\CC(=O)OCCN1CCCC1=O)OCCN1CCCC1=O. The lowest BCUT2D eigenvalue weighted by Crippen LogP contribution is -2.29. The second-order valence-corrected chi connectivity index (χ2v) is 5.96. The number of amides is 2. The molecule has 0 aromatic carbocycles. The molecule has 0 aliphatic carbocycles. The first-order chi connectivity index (χ1) is 12.1. The van der Waals surface area contributed by atoms with E-state index in [0.29, 0.717) is 39.0 Å². The molecule has 2 aliphatic heterocycles. The molecule has 138 valence electrons. The van der Waals surface area contributed by atoms with Gasteiger partial charge in [0.1, 0.15) is 13.2 Å². The number of esters is 2. The van der Waals surface area contributed by atoms with E-state index in [1.165, 1.54) is 12.2 Å². The van der Waals surface area contributed by atoms with Gasteiger partial charge in [0.05, 0.1) is 19.5 Å². The third-order valence-corrected chi connectivity index (χ3v) is 4.11. The molecule has 2 saturated heterocycles. The van der Waals surface area contributed by atoms with Crippen LogP contribution in [0.1, 0.15) is 32.1 Å². The minimum absolute atomic E-state index is 0.0341. The lowest BCUT2D eigenvalue weighted by Gasteiger charge is -2.14. The molecule has 2 heterocycles. The van der Waals surface area contributed by atoms with Gasteiger partial charge in [-0.2, -0.15) is 0 Å². The number of hydrogen-bond acceptors (Lipinski definition) is 6. The minimum atomic E-state index is -0.554. The molecule has 25 heavy (non-hydrogen) atoms. The molecule has 2 rings (SSSR count). The van der Waals surface area contributed by atoms with Crippen molar-refractivity contribution in [3.63, 3.8) is 0 Å². The molecule has 8 heteroatoms. The number of rotatable bonds is 9. The van der Waals surface area contributed by atoms with E-state index in [2.05, 4.69) is 0 Å². The number of likely N-dealkylation sites (tertiary alicyclic amines) is 2. The Labute approximate surface area is 146 Å². The largest absolute Gasteiger partial charge is 0.464 e. The summed E-state index contributed by atoms with van der Waals surface area (Å²) in [5.41, 5.74) is 0. The molecule has 2 aliphatic rings. The van der Waals surface area contributed by atoms with Gasteiger partial charge in [0.2, 0.25) is 11.8 Å². The topological polar surface area (TPSA) is 93.2 Å². The van der Waals surface area contributed by atoms with Crippen molar-refractivity contribution in [3.8, 4) is 0 Å². The van der Waals surface area contributed by atoms with Crippen molar-refractivity contribution in [2.75, 3.05) is 39.4 Å². The van der Waals surface area contributed by atoms with Crippen molar-refractivity contribution >= 4 is 23.8 Å². The maximum absolute atomic E-state index is 11.5. The fourth-order valence-electron chi connectivity index (χ4n) is 2.77. The first kappa shape index (κ1) is 19.0. The average molecular weight is 352 g/mol. The molecular formula is C17H24N2O6. The van der Waals surface area contributed by atoms with Crippen LogP contribution in [-0.4, -0.2) is 72.9 Å². The van der Waals surface area contributed by atoms with Crippen LogP contribution in [0, 0.1) is 0 Å². The van der Waals surface area contributed by atoms with Crippen LogP contribution in [0.25, 0.3) is 0 Å². The molecule has 0 aromatic heterocycles. The Kier molecular flexibility index (Phi) is 7.43. The van der Waals surface area contributed by atoms with Crippen molar-refractivity contribution in [2.24, 2.45) is 0 Å². The molecule has 0 aromatic rings. The van der Waals surface area contributed by atoms with E-state index in [-0.39, 0.29) is 31.4 Å². The lowest BCUT2D eigenvalue weighted by molar-refractivity contribution is -0.144. The van der Waals surface area contributed by atoms with Gasteiger partial charge in [-0.1, -0.05) is 6.08 Å². The first-order valence-corrected chi connectivity index (χ1v) is 8.61. The van der Waals surface area contributed by atoms with E-state index in [0.717, 1.165) is 12.8 Å². The fraction of sp³-hybridized carbons (Fsp3) is 0.647. The van der Waals surface area contributed by atoms with Crippen molar-refractivity contribution in [3.05, 3.63) is 12.2 Å². The highest BCUT2D eigenvalue weighted by Crippen LogP contribution is 2.09. The van der Waals surface area contributed by atoms with Crippen LogP contribution >= 0.6 is 0 Å². The van der Waals surface area contributed by atoms with Gasteiger partial charge < -0.3 is 19.3 Å². The van der Waals surface area contributed by atoms with Crippen LogP contribution in [0.3, 0.4) is 0 Å². The monoisotopic (exact) mass is 352 g/mol. The minimum Gasteiger partial charge on any atom is -0.464 e. The molecule has 0 unspecified atom stereocenters. The summed E-state index contributed by atoms with van der Waals surface area (Å²) in [6, 6.07) is 0. The predicted octanol–water partition coefficient (Wildman–Crippen LogP) is 0.264. The van der Waals surface area contributed by atoms with Crippen molar-refractivity contribution in [2.45, 2.75) is 32.1 Å². The number of hydrogen-bond donors (Lipinski definition) is 0. The van der Waals surface area contributed by atoms with Crippen LogP contribution in [0.15, 0.2) is 12.2 Å². The average Bonchev–Trinajstić information content (AvgIpc) is 3.16. The highest BCUT2D eigenvalue weighted by Gasteiger charge is 2.20. The van der Waals surface area contributed by atoms with Gasteiger partial charge in [-0.05, 0) is 12.8 Å². The van der Waals surface area contributed by atoms with Crippen LogP contribution in [0.2, 0.25) is 0 Å². The highest BCUT2D eigenvalue weighted by molar-refractivity contribution is 5.83. The Morgan fingerprint density at radius 2 is 1.48 bits per heavy atom. The quantitative estimate of drug-likeness (QED) is 0.437. The Bertz CT molecular complexity index is 545. The van der Waals surface area contributed by atoms with Gasteiger partial charge in [-0.25, -0.2) is 4.79 Å². The van der Waals surface area contributed by atoms with Crippen LogP contribution in [-0.2, 0) is 28.7 Å². The third-order valence-electron chi connectivity index (χ3n) is 4.11. The predicted molar refractivity (Wildman–Crippen MR) is 87.3 cm³/mol. The number of carbonyl (C=O) groups excluding carboxylic acids is 4. The summed E-state index contributed by atoms with van der Waals surface area (Å²) in [5, 5.41) is 0. The van der Waals surface area contributed by atoms with Crippen molar-refractivity contribution in [1.82, 2.24) is 9.80 Å². The van der Waals surface area contributed by atoms with Gasteiger partial charge in [0.25, 0.3) is 0 Å². The van der Waals surface area contributed by atoms with E-state index >= 15 is 0 Å². The van der Waals surface area contributed by atoms with Gasteiger partial charge in [0, 0.05) is 32.0 Å². The van der Waals surface area contributed by atoms with Gasteiger partial charge >= 0.3 is 11.9 Å². The second-order valence-electron chi connectivity index (χ2n) is 5.96. The number of nitrogens with zero attached hydrogens (tertiary/aromatic N) is 2. The van der Waals surface area contributed by atoms with Crippen molar-refractivity contribution in [1.29, 1.82) is 0 Å². The zero-order valence-electron chi connectivity index (χ0n) is 14.3. The molecule has 0 radical (unpaired) electrons. The van der Waals surface area contributed by atoms with Crippen LogP contribution in [0.5, 0.6) is 0 Å². The number of carbonyl (C=O) groups is 4. The molecule has 0 N–H and O–H groups in total. The van der Waals surface area contributed by atoms with E-state index in [1.807, 2.05) is 0 Å². The Balaban J connectivity index is 1.51. The summed E-state index contributed by atoms with van der Waals surface area (Å²) >= 11 is 0. The van der Waals surface area contributed by atoms with Gasteiger partial charge in [-0.3, -0.25) is 14.4 Å². The van der Waals surface area contributed by atoms with Gasteiger partial charge in [-0.15, -0.1) is 0 Å². The molecule has 0 atom stereocenters. The molecule has 0 saturated carbocycles. The molecular weight excluding hydrogens is 328 g/mol. The Hall–Kier alpha value is -2.38. The molecule has 0 bridgehead atoms. The lowest BCUT2D eigenvalue weighted by atomic mass is 10.4. The zero-order chi connectivity index (χ0) is 18.1. The summed E-state index contributed by atoms with van der Waals surface area (Å²) in [6.07, 6.45) is 5.34. The van der Waals surface area contributed by atoms with E-state index in [4.69, 9.17) is 9.47 Å². The van der Waals surface area contributed by atoms with Crippen molar-refractivity contribution < 1.29 is 28.7 Å². The maximum atomic E-state index is 11.5. The standard InChI is InChI=1S/C17H24N2O6/c20-14-4-2-8-18(14)10-12-24-16(22)6-1-7-17(23)25-13-11-19-9-3-5-15(19)21/h1,6H,2-5,7-13H2/b6-1-. The Morgan fingerprint density at radius 1 is 0.920 bits per heavy atom. The summed E-state index contributed by atoms with van der Waals surface area (Å²) < 4.78 is 9.99. The maximum Gasteiger partial charge on any atom is 0.330 e. The summed E-state index contributed by atoms with van der Waals surface area (Å²) in [4.78, 5) is 49.1. The summed E-state index contributed by atoms with van der Waals surface area (Å²) in [5.74, 6) is -0.834. The molecule has 2 amide bonds. The van der Waals surface area contributed by atoms with E-state index in [1.54, 1.807) is 9.80 Å². The van der Waals surface area contributed by atoms with Gasteiger partial charge in [0.15, 0.2) is 0 Å². The van der Waals surface area contributed by atoms with E-state index in [9.17, 15) is 19.2 Å². The van der Waals surface area contributed by atoms with E-state index < -0.39 is 11.9 Å². The highest BCUT2D eigenvalue weighted by atomic mass is 16.5. The second kappa shape index (κ2) is 9.80. The third kappa shape index (κ3) is 6.56. The molecule has 0 spiro atoms. The number of ether oxygens (including phenoxy) is 2. The molecule has 2 fully saturated rings. The normalized spacial score (nSPS) is 17.6. The first-order valence-electron chi connectivity index (χ1n) is 8.61. The fourth-order valence-corrected chi connectivity index (χ4v) is 2.77. The smallest absolute Gasteiger partial charge is 0.330 e. The Morgan fingerprint density at radius 3 is 2.00 bits per heavy atom. The summed E-state index contributed by atoms with van der Waals surface area (Å²) in [6.45, 7) is 2.53. The van der Waals surface area contributed by atoms with Crippen LogP contribution in [0.4, 0.5) is 0 Å². The molecule has 8 nitrogen and oxygen atoms in total. The summed E-state index contributed by atoms with van der Waals surface area (Å²) in [7, 11) is 0. The van der Waals surface area contributed by atoms with Crippen LogP contribution < -0.4 is 0 Å².